The van der Waals surface area contributed by atoms with E-state index < -0.39 is 5.54 Å². The van der Waals surface area contributed by atoms with Crippen molar-refractivity contribution in [3.63, 3.8) is 0 Å². The smallest absolute Gasteiger partial charge is 0.250 e. The Kier molecular flexibility index (Phi) is 4.48. The molecule has 5 heteroatoms. The van der Waals surface area contributed by atoms with Crippen LogP contribution in [-0.2, 0) is 9.59 Å². The molecule has 20 heavy (non-hydrogen) atoms. The van der Waals surface area contributed by atoms with Crippen LogP contribution < -0.4 is 5.32 Å². The second kappa shape index (κ2) is 5.95. The van der Waals surface area contributed by atoms with Crippen LogP contribution in [0.4, 0.5) is 5.69 Å². The van der Waals surface area contributed by atoms with Gasteiger partial charge in [0.15, 0.2) is 0 Å². The van der Waals surface area contributed by atoms with Crippen LogP contribution in [0.25, 0.3) is 0 Å². The van der Waals surface area contributed by atoms with Gasteiger partial charge in [-0.2, -0.15) is 0 Å². The van der Waals surface area contributed by atoms with Gasteiger partial charge in [0.05, 0.1) is 5.69 Å². The maximum Gasteiger partial charge on any atom is 0.250 e. The highest BCUT2D eigenvalue weighted by molar-refractivity contribution is 9.10. The van der Waals surface area contributed by atoms with E-state index in [4.69, 9.17) is 0 Å². The average Bonchev–Trinajstić information content (AvgIpc) is 2.39. The molecule has 0 radical (unpaired) electrons. The van der Waals surface area contributed by atoms with Crippen molar-refractivity contribution in [1.82, 2.24) is 4.90 Å². The Morgan fingerprint density at radius 3 is 2.65 bits per heavy atom. The molecule has 0 spiro atoms. The summed E-state index contributed by atoms with van der Waals surface area (Å²) in [6.07, 6.45) is 2.01. The molecule has 2 rings (SSSR count). The molecular formula is C15H19BrN2O2. The zero-order valence-corrected chi connectivity index (χ0v) is 13.4. The van der Waals surface area contributed by atoms with Gasteiger partial charge in [0, 0.05) is 17.4 Å². The summed E-state index contributed by atoms with van der Waals surface area (Å²) in [6.45, 7) is 4.46. The van der Waals surface area contributed by atoms with Crippen LogP contribution in [0.1, 0.15) is 33.1 Å². The summed E-state index contributed by atoms with van der Waals surface area (Å²) < 4.78 is 0.836. The molecule has 1 aromatic rings. The molecule has 1 aromatic carbocycles. The summed E-state index contributed by atoms with van der Waals surface area (Å²) in [4.78, 5) is 26.1. The van der Waals surface area contributed by atoms with Crippen LogP contribution in [-0.4, -0.2) is 28.8 Å². The highest BCUT2D eigenvalue weighted by Gasteiger charge is 2.49. The van der Waals surface area contributed by atoms with Crippen molar-refractivity contribution in [2.45, 2.75) is 38.6 Å². The highest BCUT2D eigenvalue weighted by atomic mass is 79.9. The zero-order valence-electron chi connectivity index (χ0n) is 11.8. The van der Waals surface area contributed by atoms with E-state index in [1.807, 2.05) is 38.1 Å². The van der Waals surface area contributed by atoms with Gasteiger partial charge in [-0.05, 0) is 47.8 Å². The summed E-state index contributed by atoms with van der Waals surface area (Å²) in [6, 6.07) is 7.46. The second-order valence-corrected chi connectivity index (χ2v) is 6.11. The lowest BCUT2D eigenvalue weighted by Crippen LogP contribution is -2.66. The van der Waals surface area contributed by atoms with Gasteiger partial charge in [-0.3, -0.25) is 9.59 Å². The largest absolute Gasteiger partial charge is 0.328 e. The van der Waals surface area contributed by atoms with Crippen LogP contribution in [0, 0.1) is 0 Å². The molecular weight excluding hydrogens is 320 g/mol. The van der Waals surface area contributed by atoms with Crippen molar-refractivity contribution in [1.29, 1.82) is 0 Å². The van der Waals surface area contributed by atoms with Gasteiger partial charge in [-0.25, -0.2) is 0 Å². The first-order valence-corrected chi connectivity index (χ1v) is 7.65. The van der Waals surface area contributed by atoms with Crippen LogP contribution >= 0.6 is 15.9 Å². The molecule has 1 unspecified atom stereocenters. The van der Waals surface area contributed by atoms with E-state index >= 15 is 0 Å². The lowest BCUT2D eigenvalue weighted by Gasteiger charge is -2.49. The maximum absolute atomic E-state index is 12.5. The molecule has 1 saturated heterocycles. The molecule has 1 aliphatic rings. The number of anilines is 1. The number of amides is 2. The van der Waals surface area contributed by atoms with Gasteiger partial charge in [0.25, 0.3) is 0 Å². The molecule has 0 bridgehead atoms. The second-order valence-electron chi connectivity index (χ2n) is 5.25. The van der Waals surface area contributed by atoms with Crippen molar-refractivity contribution in [3.05, 3.63) is 28.7 Å². The SMILES string of the molecule is CCCC(=O)N1CCC1(C)C(=O)Nc1ccccc1Br. The molecule has 1 N–H and O–H groups in total. The van der Waals surface area contributed by atoms with Crippen molar-refractivity contribution in [2.75, 3.05) is 11.9 Å². The number of rotatable bonds is 4. The van der Waals surface area contributed by atoms with Crippen LogP contribution in [0.15, 0.2) is 28.7 Å². The number of benzene rings is 1. The molecule has 2 amide bonds. The summed E-state index contributed by atoms with van der Waals surface area (Å²) >= 11 is 3.41. The minimum atomic E-state index is -0.721. The average molecular weight is 339 g/mol. The van der Waals surface area contributed by atoms with E-state index in [1.54, 1.807) is 4.90 Å². The topological polar surface area (TPSA) is 49.4 Å². The number of nitrogens with zero attached hydrogens (tertiary/aromatic N) is 1. The first kappa shape index (κ1) is 15.0. The van der Waals surface area contributed by atoms with Crippen LogP contribution in [0.5, 0.6) is 0 Å². The van der Waals surface area contributed by atoms with E-state index in [9.17, 15) is 9.59 Å². The van der Waals surface area contributed by atoms with Gasteiger partial charge >= 0.3 is 0 Å². The van der Waals surface area contributed by atoms with Crippen molar-refractivity contribution in [2.24, 2.45) is 0 Å². The summed E-state index contributed by atoms with van der Waals surface area (Å²) in [5.74, 6) is -0.0661. The first-order chi connectivity index (χ1) is 9.49. The molecule has 108 valence electrons. The number of hydrogen-bond acceptors (Lipinski definition) is 2. The van der Waals surface area contributed by atoms with Crippen LogP contribution in [0.3, 0.4) is 0 Å². The fourth-order valence-electron chi connectivity index (χ4n) is 2.36. The molecule has 1 aliphatic heterocycles. The van der Waals surface area contributed by atoms with Gasteiger partial charge < -0.3 is 10.2 Å². The molecule has 0 aromatic heterocycles. The Morgan fingerprint density at radius 1 is 1.40 bits per heavy atom. The quantitative estimate of drug-likeness (QED) is 0.916. The summed E-state index contributed by atoms with van der Waals surface area (Å²) in [7, 11) is 0. The third-order valence-corrected chi connectivity index (χ3v) is 4.49. The number of hydrogen-bond donors (Lipinski definition) is 1. The van der Waals surface area contributed by atoms with Gasteiger partial charge in [0.2, 0.25) is 11.8 Å². The fraction of sp³-hybridized carbons (Fsp3) is 0.467. The molecule has 0 saturated carbocycles. The van der Waals surface area contributed by atoms with Gasteiger partial charge in [0.1, 0.15) is 5.54 Å². The Bertz CT molecular complexity index is 532. The summed E-state index contributed by atoms with van der Waals surface area (Å²) in [5.41, 5.74) is 0.00941. The van der Waals surface area contributed by atoms with E-state index in [2.05, 4.69) is 21.2 Å². The lowest BCUT2D eigenvalue weighted by molar-refractivity contribution is -0.154. The minimum absolute atomic E-state index is 0.0588. The maximum atomic E-state index is 12.5. The minimum Gasteiger partial charge on any atom is -0.328 e. The fourth-order valence-corrected chi connectivity index (χ4v) is 2.75. The molecule has 0 aliphatic carbocycles. The molecule has 1 heterocycles. The Balaban J connectivity index is 2.09. The summed E-state index contributed by atoms with van der Waals surface area (Å²) in [5, 5.41) is 2.90. The predicted molar refractivity (Wildman–Crippen MR) is 82.4 cm³/mol. The van der Waals surface area contributed by atoms with E-state index in [0.717, 1.165) is 16.6 Å². The van der Waals surface area contributed by atoms with E-state index in [0.29, 0.717) is 19.4 Å². The number of carbonyl (C=O) groups excluding carboxylic acids is 2. The van der Waals surface area contributed by atoms with Gasteiger partial charge in [-0.15, -0.1) is 0 Å². The number of halogens is 1. The third kappa shape index (κ3) is 2.73. The van der Waals surface area contributed by atoms with Gasteiger partial charge in [-0.1, -0.05) is 19.1 Å². The third-order valence-electron chi connectivity index (χ3n) is 3.79. The zero-order chi connectivity index (χ0) is 14.8. The monoisotopic (exact) mass is 338 g/mol. The van der Waals surface area contributed by atoms with Crippen molar-refractivity contribution in [3.8, 4) is 0 Å². The molecule has 1 atom stereocenters. The first-order valence-electron chi connectivity index (χ1n) is 6.85. The van der Waals surface area contributed by atoms with Crippen LogP contribution in [0.2, 0.25) is 0 Å². The Labute approximate surface area is 127 Å². The van der Waals surface area contributed by atoms with Crippen molar-refractivity contribution >= 4 is 33.4 Å². The number of likely N-dealkylation sites (tertiary alicyclic amines) is 1. The van der Waals surface area contributed by atoms with Crippen molar-refractivity contribution < 1.29 is 9.59 Å². The molecule has 1 fully saturated rings. The molecule has 4 nitrogen and oxygen atoms in total. The van der Waals surface area contributed by atoms with E-state index in [-0.39, 0.29) is 11.8 Å². The van der Waals surface area contributed by atoms with E-state index in [1.165, 1.54) is 0 Å². The lowest BCUT2D eigenvalue weighted by atomic mass is 9.85. The number of carbonyl (C=O) groups is 2. The standard InChI is InChI=1S/C15H19BrN2O2/c1-3-6-13(19)18-10-9-15(18,2)14(20)17-12-8-5-4-7-11(12)16/h4-5,7-8H,3,6,9-10H2,1-2H3,(H,17,20). The highest BCUT2D eigenvalue weighted by Crippen LogP contribution is 2.33. The number of para-hydroxylation sites is 1. The Hall–Kier alpha value is -1.36. The normalized spacial score (nSPS) is 21.2. The number of nitrogens with one attached hydrogen (secondary N) is 1. The Morgan fingerprint density at radius 2 is 2.10 bits per heavy atom. The predicted octanol–water partition coefficient (Wildman–Crippen LogP) is 3.18.